The quantitative estimate of drug-likeness (QED) is 0.803. The molecule has 0 radical (unpaired) electrons. The summed E-state index contributed by atoms with van der Waals surface area (Å²) in [7, 11) is 0. The highest BCUT2D eigenvalue weighted by Crippen LogP contribution is 2.34. The summed E-state index contributed by atoms with van der Waals surface area (Å²) in [6.07, 6.45) is 5.58. The van der Waals surface area contributed by atoms with Crippen molar-refractivity contribution in [1.29, 1.82) is 0 Å². The van der Waals surface area contributed by atoms with Crippen molar-refractivity contribution < 1.29 is 5.11 Å². The number of hydrogen-bond acceptors (Lipinski definition) is 2. The van der Waals surface area contributed by atoms with Crippen LogP contribution in [0, 0.1) is 6.92 Å². The summed E-state index contributed by atoms with van der Waals surface area (Å²) in [5, 5.41) is 10.1. The fraction of sp³-hybridized carbons (Fsp3) is 0.600. The molecule has 0 amide bonds. The number of aryl methyl sites for hydroxylation is 2. The van der Waals surface area contributed by atoms with Crippen molar-refractivity contribution in [3.05, 3.63) is 29.3 Å². The van der Waals surface area contributed by atoms with E-state index >= 15 is 0 Å². The number of anilines is 1. The molecule has 17 heavy (non-hydrogen) atoms. The Morgan fingerprint density at radius 1 is 1.24 bits per heavy atom. The topological polar surface area (TPSA) is 23.5 Å². The third-order valence-corrected chi connectivity index (χ3v) is 4.23. The molecule has 2 aliphatic rings. The van der Waals surface area contributed by atoms with Crippen LogP contribution in [0.1, 0.15) is 36.8 Å². The van der Waals surface area contributed by atoms with Crippen LogP contribution < -0.4 is 4.90 Å². The fourth-order valence-electron chi connectivity index (χ4n) is 3.38. The van der Waals surface area contributed by atoms with Gasteiger partial charge in [-0.05, 0) is 50.7 Å². The maximum Gasteiger partial charge on any atom is 0.0743 e. The maximum absolute atomic E-state index is 10.1. The first-order valence-electron chi connectivity index (χ1n) is 6.80. The van der Waals surface area contributed by atoms with Crippen LogP contribution in [0.25, 0.3) is 0 Å². The van der Waals surface area contributed by atoms with E-state index in [2.05, 4.69) is 30.0 Å². The van der Waals surface area contributed by atoms with Gasteiger partial charge in [0.2, 0.25) is 0 Å². The normalized spacial score (nSPS) is 28.2. The van der Waals surface area contributed by atoms with Gasteiger partial charge in [-0.2, -0.15) is 0 Å². The monoisotopic (exact) mass is 231 g/mol. The summed E-state index contributed by atoms with van der Waals surface area (Å²) in [5.74, 6) is 0. The van der Waals surface area contributed by atoms with Crippen molar-refractivity contribution in [1.82, 2.24) is 0 Å². The van der Waals surface area contributed by atoms with E-state index in [1.807, 2.05) is 0 Å². The second-order valence-corrected chi connectivity index (χ2v) is 5.49. The lowest BCUT2D eigenvalue weighted by molar-refractivity contribution is 0.160. The lowest BCUT2D eigenvalue weighted by Crippen LogP contribution is -2.43. The minimum absolute atomic E-state index is 0.123. The summed E-state index contributed by atoms with van der Waals surface area (Å²) >= 11 is 0. The predicted molar refractivity (Wildman–Crippen MR) is 70.5 cm³/mol. The lowest BCUT2D eigenvalue weighted by Gasteiger charge is -2.37. The van der Waals surface area contributed by atoms with Crippen LogP contribution in [0.3, 0.4) is 0 Å². The SMILES string of the molecule is Cc1ccc2c(c1)CCCN2[C@@H]1CCC[C@H]1O. The van der Waals surface area contributed by atoms with Gasteiger partial charge >= 0.3 is 0 Å². The fourth-order valence-corrected chi connectivity index (χ4v) is 3.38. The molecule has 1 aromatic rings. The molecule has 0 saturated heterocycles. The first-order chi connectivity index (χ1) is 8.25. The summed E-state index contributed by atoms with van der Waals surface area (Å²) in [6.45, 7) is 3.27. The second kappa shape index (κ2) is 4.34. The zero-order valence-electron chi connectivity index (χ0n) is 10.5. The number of aliphatic hydroxyl groups is 1. The summed E-state index contributed by atoms with van der Waals surface area (Å²) in [5.41, 5.74) is 4.18. The van der Waals surface area contributed by atoms with Crippen molar-refractivity contribution in [3.63, 3.8) is 0 Å². The van der Waals surface area contributed by atoms with Crippen molar-refractivity contribution in [2.45, 2.75) is 51.2 Å². The molecule has 1 N–H and O–H groups in total. The first kappa shape index (κ1) is 11.1. The van der Waals surface area contributed by atoms with Gasteiger partial charge in [-0.1, -0.05) is 17.7 Å². The number of hydrogen-bond donors (Lipinski definition) is 1. The molecule has 2 nitrogen and oxygen atoms in total. The van der Waals surface area contributed by atoms with E-state index in [1.54, 1.807) is 0 Å². The van der Waals surface area contributed by atoms with Crippen LogP contribution in [0.5, 0.6) is 0 Å². The third kappa shape index (κ3) is 1.95. The van der Waals surface area contributed by atoms with Crippen LogP contribution in [-0.4, -0.2) is 23.8 Å². The Morgan fingerprint density at radius 2 is 2.12 bits per heavy atom. The van der Waals surface area contributed by atoms with Crippen LogP contribution >= 0.6 is 0 Å². The number of nitrogens with zero attached hydrogens (tertiary/aromatic N) is 1. The highest BCUT2D eigenvalue weighted by atomic mass is 16.3. The Kier molecular flexibility index (Phi) is 2.83. The average molecular weight is 231 g/mol. The molecule has 1 fully saturated rings. The van der Waals surface area contributed by atoms with Crippen LogP contribution in [0.15, 0.2) is 18.2 Å². The zero-order chi connectivity index (χ0) is 11.8. The van der Waals surface area contributed by atoms with E-state index in [9.17, 15) is 5.11 Å². The van der Waals surface area contributed by atoms with E-state index in [4.69, 9.17) is 0 Å². The largest absolute Gasteiger partial charge is 0.391 e. The molecule has 1 heterocycles. The highest BCUT2D eigenvalue weighted by molar-refractivity contribution is 5.57. The molecule has 3 rings (SSSR count). The van der Waals surface area contributed by atoms with Crippen molar-refractivity contribution in [2.24, 2.45) is 0 Å². The van der Waals surface area contributed by atoms with E-state index in [0.29, 0.717) is 6.04 Å². The number of fused-ring (bicyclic) bond motifs is 1. The Morgan fingerprint density at radius 3 is 2.88 bits per heavy atom. The Bertz CT molecular complexity index is 415. The van der Waals surface area contributed by atoms with E-state index in [-0.39, 0.29) is 6.10 Å². The molecule has 1 aromatic carbocycles. The van der Waals surface area contributed by atoms with E-state index in [0.717, 1.165) is 19.4 Å². The smallest absolute Gasteiger partial charge is 0.0743 e. The third-order valence-electron chi connectivity index (χ3n) is 4.23. The minimum atomic E-state index is -0.123. The zero-order valence-corrected chi connectivity index (χ0v) is 10.5. The van der Waals surface area contributed by atoms with Crippen molar-refractivity contribution in [3.8, 4) is 0 Å². The maximum atomic E-state index is 10.1. The van der Waals surface area contributed by atoms with Gasteiger partial charge < -0.3 is 10.0 Å². The molecule has 92 valence electrons. The lowest BCUT2D eigenvalue weighted by atomic mass is 9.97. The van der Waals surface area contributed by atoms with Gasteiger partial charge in [0.15, 0.2) is 0 Å². The number of benzene rings is 1. The summed E-state index contributed by atoms with van der Waals surface area (Å²) < 4.78 is 0. The molecule has 0 spiro atoms. The first-order valence-corrected chi connectivity index (χ1v) is 6.80. The van der Waals surface area contributed by atoms with Crippen LogP contribution in [-0.2, 0) is 6.42 Å². The van der Waals surface area contributed by atoms with Crippen molar-refractivity contribution in [2.75, 3.05) is 11.4 Å². The molecule has 2 atom stereocenters. The second-order valence-electron chi connectivity index (χ2n) is 5.49. The van der Waals surface area contributed by atoms with Crippen LogP contribution in [0.4, 0.5) is 5.69 Å². The van der Waals surface area contributed by atoms with Crippen LogP contribution in [0.2, 0.25) is 0 Å². The minimum Gasteiger partial charge on any atom is -0.391 e. The van der Waals surface area contributed by atoms with Gasteiger partial charge in [0.25, 0.3) is 0 Å². The Labute approximate surface area is 103 Å². The number of rotatable bonds is 1. The van der Waals surface area contributed by atoms with E-state index in [1.165, 1.54) is 36.1 Å². The average Bonchev–Trinajstić information content (AvgIpc) is 2.74. The Hall–Kier alpha value is -1.02. The summed E-state index contributed by atoms with van der Waals surface area (Å²) in [4.78, 5) is 2.45. The van der Waals surface area contributed by atoms with E-state index < -0.39 is 0 Å². The molecular formula is C15H21NO. The molecule has 0 bridgehead atoms. The van der Waals surface area contributed by atoms with Gasteiger partial charge in [0.1, 0.15) is 0 Å². The molecule has 0 unspecified atom stereocenters. The summed E-state index contributed by atoms with van der Waals surface area (Å²) in [6, 6.07) is 7.10. The Balaban J connectivity index is 1.93. The molecule has 0 aromatic heterocycles. The molecular weight excluding hydrogens is 210 g/mol. The molecule has 1 aliphatic carbocycles. The predicted octanol–water partition coefficient (Wildman–Crippen LogP) is 2.66. The number of aliphatic hydroxyl groups excluding tert-OH is 1. The van der Waals surface area contributed by atoms with Gasteiger partial charge in [-0.25, -0.2) is 0 Å². The van der Waals surface area contributed by atoms with Crippen molar-refractivity contribution >= 4 is 5.69 Å². The van der Waals surface area contributed by atoms with Gasteiger partial charge in [0.05, 0.1) is 12.1 Å². The molecule has 2 heteroatoms. The molecule has 1 aliphatic heterocycles. The van der Waals surface area contributed by atoms with Gasteiger partial charge in [-0.3, -0.25) is 0 Å². The molecule has 1 saturated carbocycles. The van der Waals surface area contributed by atoms with Gasteiger partial charge in [-0.15, -0.1) is 0 Å². The standard InChI is InChI=1S/C15H21NO/c1-11-7-8-13-12(10-11)4-3-9-16(13)14-5-2-6-15(14)17/h7-8,10,14-15,17H,2-6,9H2,1H3/t14-,15-/m1/s1. The highest BCUT2D eigenvalue weighted by Gasteiger charge is 2.32. The van der Waals surface area contributed by atoms with Gasteiger partial charge in [0, 0.05) is 12.2 Å².